The van der Waals surface area contributed by atoms with E-state index in [-0.39, 0.29) is 11.0 Å². The quantitative estimate of drug-likeness (QED) is 0.486. The highest BCUT2D eigenvalue weighted by Crippen LogP contribution is 2.25. The Balaban J connectivity index is 1.54. The molecule has 0 aliphatic carbocycles. The molecule has 0 saturated heterocycles. The molecule has 4 rings (SSSR count). The molecule has 31 heavy (non-hydrogen) atoms. The molecule has 0 atom stereocenters. The molecule has 7 nitrogen and oxygen atoms in total. The van der Waals surface area contributed by atoms with E-state index in [1.165, 1.54) is 16.1 Å². The van der Waals surface area contributed by atoms with Crippen LogP contribution in [0.1, 0.15) is 39.0 Å². The normalized spacial score (nSPS) is 11.6. The van der Waals surface area contributed by atoms with Crippen molar-refractivity contribution in [2.75, 3.05) is 11.9 Å². The van der Waals surface area contributed by atoms with Gasteiger partial charge in [-0.25, -0.2) is 0 Å². The molecule has 0 spiro atoms. The minimum absolute atomic E-state index is 0.0755. The molecule has 0 amide bonds. The van der Waals surface area contributed by atoms with Gasteiger partial charge in [0.2, 0.25) is 5.78 Å². The van der Waals surface area contributed by atoms with Gasteiger partial charge in [-0.1, -0.05) is 45.0 Å². The van der Waals surface area contributed by atoms with Crippen molar-refractivity contribution in [2.45, 2.75) is 39.7 Å². The fourth-order valence-electron chi connectivity index (χ4n) is 3.31. The Bertz CT molecular complexity index is 1230. The van der Waals surface area contributed by atoms with Crippen LogP contribution in [0.4, 0.5) is 5.69 Å². The zero-order valence-electron chi connectivity index (χ0n) is 18.3. The van der Waals surface area contributed by atoms with E-state index < -0.39 is 0 Å². The van der Waals surface area contributed by atoms with Crippen molar-refractivity contribution in [3.05, 3.63) is 76.2 Å². The fraction of sp³-hybridized carbons (Fsp3) is 0.292. The van der Waals surface area contributed by atoms with Crippen LogP contribution in [0.15, 0.2) is 59.4 Å². The molecule has 4 aromatic rings. The second-order valence-corrected chi connectivity index (χ2v) is 8.44. The van der Waals surface area contributed by atoms with Gasteiger partial charge >= 0.3 is 0 Å². The van der Waals surface area contributed by atoms with E-state index in [1.807, 2.05) is 43.3 Å². The lowest BCUT2D eigenvalue weighted by Gasteiger charge is -2.18. The van der Waals surface area contributed by atoms with Crippen molar-refractivity contribution in [1.82, 2.24) is 19.6 Å². The Hall–Kier alpha value is -3.61. The van der Waals surface area contributed by atoms with Crippen molar-refractivity contribution >= 4 is 11.5 Å². The first kappa shape index (κ1) is 20.7. The Kier molecular flexibility index (Phi) is 5.50. The van der Waals surface area contributed by atoms with Gasteiger partial charge in [0.25, 0.3) is 5.56 Å². The van der Waals surface area contributed by atoms with E-state index in [4.69, 9.17) is 4.74 Å². The molecule has 0 aliphatic rings. The number of anilines is 1. The number of aromatic nitrogens is 4. The summed E-state index contributed by atoms with van der Waals surface area (Å²) in [5.74, 6) is 1.77. The molecular formula is C24H27N5O2. The highest BCUT2D eigenvalue weighted by Gasteiger charge is 2.15. The van der Waals surface area contributed by atoms with E-state index in [9.17, 15) is 4.79 Å². The van der Waals surface area contributed by atoms with Crippen LogP contribution < -0.4 is 15.6 Å². The summed E-state index contributed by atoms with van der Waals surface area (Å²) in [6, 6.07) is 17.4. The van der Waals surface area contributed by atoms with E-state index >= 15 is 0 Å². The number of ether oxygens (including phenoxy) is 1. The van der Waals surface area contributed by atoms with Gasteiger partial charge in [0.15, 0.2) is 5.82 Å². The van der Waals surface area contributed by atoms with Crippen LogP contribution in [-0.2, 0) is 12.0 Å². The summed E-state index contributed by atoms with van der Waals surface area (Å²) in [5.41, 5.74) is 3.63. The number of nitrogens with one attached hydrogen (secondary N) is 2. The molecule has 0 radical (unpaired) electrons. The number of H-pyrrole nitrogens is 1. The lowest BCUT2D eigenvalue weighted by molar-refractivity contribution is 0.340. The topological polar surface area (TPSA) is 84.3 Å². The summed E-state index contributed by atoms with van der Waals surface area (Å²) in [5, 5.41) is 7.69. The van der Waals surface area contributed by atoms with Crippen molar-refractivity contribution in [2.24, 2.45) is 0 Å². The summed E-state index contributed by atoms with van der Waals surface area (Å²) < 4.78 is 6.76. The Morgan fingerprint density at radius 2 is 1.77 bits per heavy atom. The maximum atomic E-state index is 12.6. The minimum atomic E-state index is -0.220. The molecule has 0 saturated carbocycles. The van der Waals surface area contributed by atoms with Crippen LogP contribution >= 0.6 is 0 Å². The molecule has 0 aliphatic heterocycles. The molecule has 0 unspecified atom stereocenters. The summed E-state index contributed by atoms with van der Waals surface area (Å²) in [6.45, 7) is 9.57. The Morgan fingerprint density at radius 1 is 1.06 bits per heavy atom. The highest BCUT2D eigenvalue weighted by atomic mass is 16.5. The maximum absolute atomic E-state index is 12.6. The summed E-state index contributed by atoms with van der Waals surface area (Å²) in [6.07, 6.45) is 0. The summed E-state index contributed by atoms with van der Waals surface area (Å²) in [4.78, 5) is 20.3. The first-order valence-electron chi connectivity index (χ1n) is 10.4. The zero-order chi connectivity index (χ0) is 22.0. The molecule has 2 heterocycles. The maximum Gasteiger partial charge on any atom is 0.275 e. The van der Waals surface area contributed by atoms with Crippen LogP contribution in [0.5, 0.6) is 5.75 Å². The lowest BCUT2D eigenvalue weighted by Crippen LogP contribution is -2.17. The average Bonchev–Trinajstić information content (AvgIpc) is 3.18. The molecule has 2 aromatic heterocycles. The lowest BCUT2D eigenvalue weighted by atomic mass is 9.87. The second kappa shape index (κ2) is 8.26. The van der Waals surface area contributed by atoms with Gasteiger partial charge in [-0.05, 0) is 42.2 Å². The van der Waals surface area contributed by atoms with Crippen molar-refractivity contribution in [3.63, 3.8) is 0 Å². The molecule has 7 heteroatoms. The van der Waals surface area contributed by atoms with Gasteiger partial charge < -0.3 is 15.0 Å². The van der Waals surface area contributed by atoms with Gasteiger partial charge in [-0.2, -0.15) is 9.50 Å². The Morgan fingerprint density at radius 3 is 2.42 bits per heavy atom. The molecule has 0 fully saturated rings. The van der Waals surface area contributed by atoms with Crippen LogP contribution in [-0.4, -0.2) is 26.2 Å². The summed E-state index contributed by atoms with van der Waals surface area (Å²) >= 11 is 0. The summed E-state index contributed by atoms with van der Waals surface area (Å²) in [7, 11) is 0. The monoisotopic (exact) mass is 417 g/mol. The van der Waals surface area contributed by atoms with Crippen LogP contribution in [0, 0.1) is 0 Å². The number of benzene rings is 2. The van der Waals surface area contributed by atoms with Gasteiger partial charge in [0.05, 0.1) is 13.2 Å². The number of rotatable bonds is 6. The van der Waals surface area contributed by atoms with Gasteiger partial charge in [0, 0.05) is 23.0 Å². The predicted molar refractivity (Wildman–Crippen MR) is 123 cm³/mol. The molecular weight excluding hydrogens is 390 g/mol. The molecule has 160 valence electrons. The third kappa shape index (κ3) is 4.60. The number of hydrogen-bond acceptors (Lipinski definition) is 5. The van der Waals surface area contributed by atoms with E-state index in [2.05, 4.69) is 53.3 Å². The fourth-order valence-corrected chi connectivity index (χ4v) is 3.31. The van der Waals surface area contributed by atoms with E-state index in [1.54, 1.807) is 0 Å². The average molecular weight is 418 g/mol. The first-order valence-corrected chi connectivity index (χ1v) is 10.4. The van der Waals surface area contributed by atoms with Crippen LogP contribution in [0.3, 0.4) is 0 Å². The standard InChI is InChI=1S/C24H27N5O2/c1-5-31-20-12-10-18(11-13-20)25-15-19-14-21(30)29-23(26-19)27-22(28-29)16-6-8-17(9-7-16)24(2,3)4/h6-14,25H,5,15H2,1-4H3,(H,26,27,28). The smallest absolute Gasteiger partial charge is 0.275 e. The van der Waals surface area contributed by atoms with E-state index in [0.717, 1.165) is 22.7 Å². The molecule has 0 bridgehead atoms. The molecule has 2 N–H and O–H groups in total. The van der Waals surface area contributed by atoms with Crippen LogP contribution in [0.25, 0.3) is 17.2 Å². The van der Waals surface area contributed by atoms with Crippen molar-refractivity contribution < 1.29 is 4.74 Å². The SMILES string of the molecule is CCOc1ccc(NCc2cc(=O)n3nc(-c4ccc(C(C)(C)C)cc4)nc3[nH]2)cc1. The van der Waals surface area contributed by atoms with Crippen molar-refractivity contribution in [1.29, 1.82) is 0 Å². The van der Waals surface area contributed by atoms with E-state index in [0.29, 0.717) is 24.8 Å². The van der Waals surface area contributed by atoms with Gasteiger partial charge in [-0.15, -0.1) is 5.10 Å². The van der Waals surface area contributed by atoms with Gasteiger partial charge in [0.1, 0.15) is 5.75 Å². The van der Waals surface area contributed by atoms with Crippen LogP contribution in [0.2, 0.25) is 0 Å². The second-order valence-electron chi connectivity index (χ2n) is 8.44. The minimum Gasteiger partial charge on any atom is -0.494 e. The zero-order valence-corrected chi connectivity index (χ0v) is 18.3. The Labute approximate surface area is 181 Å². The number of fused-ring (bicyclic) bond motifs is 1. The predicted octanol–water partition coefficient (Wildman–Crippen LogP) is 4.39. The first-order chi connectivity index (χ1) is 14.8. The highest BCUT2D eigenvalue weighted by molar-refractivity contribution is 5.57. The number of aromatic amines is 1. The largest absolute Gasteiger partial charge is 0.494 e. The van der Waals surface area contributed by atoms with Crippen molar-refractivity contribution in [3.8, 4) is 17.1 Å². The number of hydrogen-bond donors (Lipinski definition) is 2. The third-order valence-corrected chi connectivity index (χ3v) is 5.04. The third-order valence-electron chi connectivity index (χ3n) is 5.04. The number of nitrogens with zero attached hydrogens (tertiary/aromatic N) is 3. The molecule has 2 aromatic carbocycles. The van der Waals surface area contributed by atoms with Gasteiger partial charge in [-0.3, -0.25) is 4.79 Å².